The van der Waals surface area contributed by atoms with Crippen molar-refractivity contribution in [3.63, 3.8) is 0 Å². The molecule has 0 unspecified atom stereocenters. The molecule has 3 N–H and O–H groups in total. The number of halogens is 3. The third kappa shape index (κ3) is 4.10. The number of rotatable bonds is 5. The van der Waals surface area contributed by atoms with Crippen molar-refractivity contribution in [1.82, 2.24) is 9.55 Å². The molecule has 8 nitrogen and oxygen atoms in total. The molecular formula is C20H22F3N5O3S. The maximum atomic E-state index is 15.2. The van der Waals surface area contributed by atoms with E-state index in [-0.39, 0.29) is 36.8 Å². The van der Waals surface area contributed by atoms with Gasteiger partial charge in [0.05, 0.1) is 17.8 Å². The van der Waals surface area contributed by atoms with Crippen molar-refractivity contribution < 1.29 is 27.5 Å². The highest BCUT2D eigenvalue weighted by Gasteiger charge is 2.37. The second-order valence-corrected chi connectivity index (χ2v) is 8.61. The molecule has 0 radical (unpaired) electrons. The summed E-state index contributed by atoms with van der Waals surface area (Å²) in [7, 11) is 0. The lowest BCUT2D eigenvalue weighted by molar-refractivity contribution is -0.118. The Bertz CT molecular complexity index is 1050. The Morgan fingerprint density at radius 3 is 2.91 bits per heavy atom. The minimum Gasteiger partial charge on any atom is -0.488 e. The first-order valence-corrected chi connectivity index (χ1v) is 11.1. The summed E-state index contributed by atoms with van der Waals surface area (Å²) in [5.74, 6) is -0.578. The lowest BCUT2D eigenvalue weighted by atomic mass is 10.1. The number of benzene rings is 1. The lowest BCUT2D eigenvalue weighted by Crippen LogP contribution is -2.42. The fourth-order valence-electron chi connectivity index (χ4n) is 3.73. The van der Waals surface area contributed by atoms with Gasteiger partial charge in [0.2, 0.25) is 5.91 Å². The zero-order valence-corrected chi connectivity index (χ0v) is 18.0. The van der Waals surface area contributed by atoms with Crippen LogP contribution in [0, 0.1) is 5.82 Å². The minimum absolute atomic E-state index is 0.0344. The fourth-order valence-corrected chi connectivity index (χ4v) is 4.58. The van der Waals surface area contributed by atoms with Crippen LogP contribution in [-0.4, -0.2) is 51.6 Å². The maximum Gasteiger partial charge on any atom is 0.287 e. The predicted molar refractivity (Wildman–Crippen MR) is 115 cm³/mol. The Balaban J connectivity index is 1.74. The van der Waals surface area contributed by atoms with E-state index < -0.39 is 35.5 Å². The first kappa shape index (κ1) is 22.3. The summed E-state index contributed by atoms with van der Waals surface area (Å²) >= 11 is 0.985. The Labute approximate surface area is 186 Å². The smallest absolute Gasteiger partial charge is 0.287 e. The lowest BCUT2D eigenvalue weighted by Gasteiger charge is -2.26. The third-order valence-electron chi connectivity index (χ3n) is 5.41. The molecule has 0 saturated carbocycles. The van der Waals surface area contributed by atoms with Crippen LogP contribution in [0.15, 0.2) is 18.3 Å². The maximum absolute atomic E-state index is 15.2. The molecule has 3 heterocycles. The third-order valence-corrected chi connectivity index (χ3v) is 6.35. The van der Waals surface area contributed by atoms with Crippen molar-refractivity contribution in [1.29, 1.82) is 0 Å². The van der Waals surface area contributed by atoms with Crippen LogP contribution < -0.4 is 20.7 Å². The number of ether oxygens (including phenoxy) is 1. The van der Waals surface area contributed by atoms with Gasteiger partial charge in [0.1, 0.15) is 24.5 Å². The van der Waals surface area contributed by atoms with Crippen molar-refractivity contribution in [3.05, 3.63) is 24.1 Å². The van der Waals surface area contributed by atoms with E-state index in [0.717, 1.165) is 16.7 Å². The number of imidazole rings is 1. The number of fused-ring (bicyclic) bond motifs is 3. The van der Waals surface area contributed by atoms with Crippen molar-refractivity contribution >= 4 is 34.4 Å². The highest BCUT2D eigenvalue weighted by Crippen LogP contribution is 2.40. The summed E-state index contributed by atoms with van der Waals surface area (Å²) in [6, 6.07) is 0.910. The molecule has 2 aromatic rings. The van der Waals surface area contributed by atoms with Gasteiger partial charge in [-0.15, -0.1) is 0 Å². The fraction of sp³-hybridized carbons (Fsp3) is 0.450. The summed E-state index contributed by atoms with van der Waals surface area (Å²) in [6.45, 7) is 1.89. The van der Waals surface area contributed by atoms with Gasteiger partial charge in [0.15, 0.2) is 17.4 Å². The van der Waals surface area contributed by atoms with E-state index in [1.165, 1.54) is 19.2 Å². The molecule has 1 aromatic carbocycles. The van der Waals surface area contributed by atoms with Gasteiger partial charge in [-0.25, -0.2) is 18.2 Å². The van der Waals surface area contributed by atoms with Gasteiger partial charge < -0.3 is 20.4 Å². The van der Waals surface area contributed by atoms with E-state index in [9.17, 15) is 18.4 Å². The van der Waals surface area contributed by atoms with E-state index in [0.29, 0.717) is 23.6 Å². The quantitative estimate of drug-likeness (QED) is 0.696. The number of primary amides is 1. The van der Waals surface area contributed by atoms with E-state index in [1.807, 2.05) is 0 Å². The first-order valence-electron chi connectivity index (χ1n) is 10.1. The Morgan fingerprint density at radius 1 is 1.41 bits per heavy atom. The molecular weight excluding hydrogens is 447 g/mol. The van der Waals surface area contributed by atoms with Crippen molar-refractivity contribution in [2.75, 3.05) is 22.6 Å². The molecule has 1 aromatic heterocycles. The van der Waals surface area contributed by atoms with Gasteiger partial charge in [-0.1, -0.05) is 11.8 Å². The molecule has 0 aliphatic carbocycles. The van der Waals surface area contributed by atoms with Gasteiger partial charge >= 0.3 is 0 Å². The minimum atomic E-state index is -2.71. The number of nitrogens with zero attached hydrogens (tertiary/aromatic N) is 3. The van der Waals surface area contributed by atoms with Crippen LogP contribution in [0.5, 0.6) is 5.75 Å². The van der Waals surface area contributed by atoms with Gasteiger partial charge in [-0.2, -0.15) is 0 Å². The molecule has 2 amide bonds. The van der Waals surface area contributed by atoms with Crippen LogP contribution in [0.25, 0.3) is 11.4 Å². The average Bonchev–Trinajstić information content (AvgIpc) is 2.93. The van der Waals surface area contributed by atoms with Crippen LogP contribution in [-0.2, 0) is 11.3 Å². The van der Waals surface area contributed by atoms with Crippen molar-refractivity contribution in [3.8, 4) is 17.1 Å². The molecule has 2 aliphatic heterocycles. The molecule has 0 spiro atoms. The number of nitrogens with one attached hydrogen (secondary N) is 1. The number of amides is 2. The number of carbonyl (C=O) groups excluding carboxylic acids is 2. The summed E-state index contributed by atoms with van der Waals surface area (Å²) in [6.07, 6.45) is -0.531. The largest absolute Gasteiger partial charge is 0.488 e. The molecule has 32 heavy (non-hydrogen) atoms. The highest BCUT2D eigenvalue weighted by molar-refractivity contribution is 8.13. The summed E-state index contributed by atoms with van der Waals surface area (Å²) < 4.78 is 49.8. The second kappa shape index (κ2) is 8.93. The number of nitrogens with two attached hydrogens (primary N) is 1. The number of thioether (sulfide) groups is 1. The van der Waals surface area contributed by atoms with Crippen LogP contribution >= 0.6 is 11.8 Å². The molecule has 2 atom stereocenters. The molecule has 1 fully saturated rings. The first-order chi connectivity index (χ1) is 15.3. The normalized spacial score (nSPS) is 19.5. The van der Waals surface area contributed by atoms with Crippen LogP contribution in [0.1, 0.15) is 19.8 Å². The van der Waals surface area contributed by atoms with Gasteiger partial charge in [-0.3, -0.25) is 14.5 Å². The van der Waals surface area contributed by atoms with E-state index in [1.54, 1.807) is 10.6 Å². The average molecular weight is 469 g/mol. The number of carbonyl (C=O) groups is 2. The van der Waals surface area contributed by atoms with Crippen LogP contribution in [0.4, 0.5) is 29.5 Å². The molecule has 12 heteroatoms. The van der Waals surface area contributed by atoms with E-state index in [2.05, 4.69) is 10.3 Å². The number of hydrogen-bond acceptors (Lipinski definition) is 6. The van der Waals surface area contributed by atoms with E-state index in [4.69, 9.17) is 10.5 Å². The molecule has 2 aliphatic rings. The van der Waals surface area contributed by atoms with Gasteiger partial charge in [0.25, 0.3) is 11.7 Å². The topological polar surface area (TPSA) is 102 Å². The van der Waals surface area contributed by atoms with Gasteiger partial charge in [-0.05, 0) is 31.9 Å². The summed E-state index contributed by atoms with van der Waals surface area (Å²) in [5, 5.41) is 2.21. The Morgan fingerprint density at radius 2 is 2.19 bits per heavy atom. The van der Waals surface area contributed by atoms with Crippen LogP contribution in [0.2, 0.25) is 0 Å². The van der Waals surface area contributed by atoms with E-state index >= 15 is 4.39 Å². The SMILES string of the molecule is C[C@H](Nc1ccc2c(c1F)OCCn1cc(N3C(=O)SCCC[C@H]3C(F)F)nc1-2)C(N)=O. The summed E-state index contributed by atoms with van der Waals surface area (Å²) in [4.78, 5) is 29.4. The number of anilines is 2. The Kier molecular flexibility index (Phi) is 6.22. The molecule has 1 saturated heterocycles. The Hall–Kier alpha value is -2.89. The van der Waals surface area contributed by atoms with Crippen molar-refractivity contribution in [2.24, 2.45) is 5.73 Å². The number of aromatic nitrogens is 2. The predicted octanol–water partition coefficient (Wildman–Crippen LogP) is 3.45. The zero-order valence-electron chi connectivity index (χ0n) is 17.2. The van der Waals surface area contributed by atoms with Gasteiger partial charge in [0, 0.05) is 11.9 Å². The molecule has 0 bridgehead atoms. The summed E-state index contributed by atoms with van der Waals surface area (Å²) in [5.41, 5.74) is 5.58. The highest BCUT2D eigenvalue weighted by atomic mass is 32.2. The number of hydrogen-bond donors (Lipinski definition) is 2. The number of alkyl halides is 2. The molecule has 4 rings (SSSR count). The molecule has 172 valence electrons. The monoisotopic (exact) mass is 469 g/mol. The van der Waals surface area contributed by atoms with Crippen LogP contribution in [0.3, 0.4) is 0 Å². The second-order valence-electron chi connectivity index (χ2n) is 7.57. The van der Waals surface area contributed by atoms with Crippen molar-refractivity contribution in [2.45, 2.75) is 44.8 Å². The zero-order chi connectivity index (χ0) is 23.0. The standard InChI is InChI=1S/C20H22F3N5O3S/c1-10(18(24)29)25-12-5-4-11-16(15(12)21)31-7-6-27-9-14(26-19(11)27)28-13(17(22)23)3-2-8-32-20(28)30/h4-5,9-10,13,17,25H,2-3,6-8H2,1H3,(H2,24,29)/t10-,13-/m0/s1.